The lowest BCUT2D eigenvalue weighted by Crippen LogP contribution is -2.65. The Balaban J connectivity index is 0.923. The number of anilines is 2. The number of fused-ring (bicyclic) bond motifs is 4. The van der Waals surface area contributed by atoms with E-state index in [1.54, 1.807) is 34.4 Å². The molecule has 1 unspecified atom stereocenters. The van der Waals surface area contributed by atoms with Gasteiger partial charge in [0.1, 0.15) is 17.8 Å². The lowest BCUT2D eigenvalue weighted by atomic mass is 9.73. The van der Waals surface area contributed by atoms with Crippen molar-refractivity contribution in [3.05, 3.63) is 113 Å². The summed E-state index contributed by atoms with van der Waals surface area (Å²) in [5.74, 6) is -0.194. The van der Waals surface area contributed by atoms with Crippen LogP contribution < -0.4 is 15.5 Å². The number of aromatic amines is 1. The number of nitrogens with zero attached hydrogens (tertiary/aromatic N) is 3. The number of para-hydroxylation sites is 2. The molecule has 9 nitrogen and oxygen atoms in total. The highest BCUT2D eigenvalue weighted by molar-refractivity contribution is 7.19. The van der Waals surface area contributed by atoms with Crippen LogP contribution in [0.2, 0.25) is 0 Å². The number of halogens is 1. The minimum atomic E-state index is -0.423. The van der Waals surface area contributed by atoms with Crippen molar-refractivity contribution in [1.29, 1.82) is 0 Å². The predicted octanol–water partition coefficient (Wildman–Crippen LogP) is 6.71. The molecule has 9 rings (SSSR count). The Kier molecular flexibility index (Phi) is 7.76. The van der Waals surface area contributed by atoms with Crippen molar-refractivity contribution in [2.24, 2.45) is 5.41 Å². The second-order valence-electron chi connectivity index (χ2n) is 13.8. The van der Waals surface area contributed by atoms with Crippen LogP contribution in [0.3, 0.4) is 0 Å². The number of ether oxygens (including phenoxy) is 1. The van der Waals surface area contributed by atoms with Gasteiger partial charge in [-0.15, -0.1) is 11.3 Å². The first kappa shape index (κ1) is 31.7. The molecule has 0 bridgehead atoms. The number of benzene rings is 2. The second kappa shape index (κ2) is 12.5. The summed E-state index contributed by atoms with van der Waals surface area (Å²) in [5.41, 5.74) is 6.79. The van der Waals surface area contributed by atoms with Crippen molar-refractivity contribution in [1.82, 2.24) is 20.2 Å². The molecule has 2 fully saturated rings. The van der Waals surface area contributed by atoms with E-state index in [2.05, 4.69) is 38.7 Å². The molecule has 1 spiro atoms. The first-order valence-electron chi connectivity index (χ1n) is 17.2. The number of aromatic nitrogens is 2. The van der Waals surface area contributed by atoms with E-state index in [1.165, 1.54) is 12.1 Å². The fraction of sp³-hybridized carbons (Fsp3) is 0.275. The molecule has 6 heterocycles. The van der Waals surface area contributed by atoms with Gasteiger partial charge in [-0.05, 0) is 98.5 Å². The number of nitrogens with one attached hydrogen (secondary N) is 3. The summed E-state index contributed by atoms with van der Waals surface area (Å²) >= 11 is 1.58. The van der Waals surface area contributed by atoms with E-state index in [4.69, 9.17) is 9.72 Å². The molecule has 2 amide bonds. The average Bonchev–Trinajstić information content (AvgIpc) is 3.73. The molecule has 2 saturated heterocycles. The minimum absolute atomic E-state index is 0.227. The molecule has 1 atom stereocenters. The van der Waals surface area contributed by atoms with Crippen LogP contribution in [0.1, 0.15) is 35.7 Å². The van der Waals surface area contributed by atoms with Gasteiger partial charge in [0.05, 0.1) is 38.4 Å². The Morgan fingerprint density at radius 2 is 1.90 bits per heavy atom. The number of carbonyl (C=O) groups excluding carboxylic acids is 2. The van der Waals surface area contributed by atoms with E-state index in [9.17, 15) is 14.0 Å². The summed E-state index contributed by atoms with van der Waals surface area (Å²) in [5, 5.41) is 6.44. The Hall–Kier alpha value is -5.28. The average molecular weight is 699 g/mol. The topological polar surface area (TPSA) is 103 Å². The summed E-state index contributed by atoms with van der Waals surface area (Å²) in [6.07, 6.45) is 6.22. The van der Waals surface area contributed by atoms with Gasteiger partial charge in [0, 0.05) is 54.4 Å². The van der Waals surface area contributed by atoms with Crippen molar-refractivity contribution in [3.8, 4) is 21.1 Å². The van der Waals surface area contributed by atoms with Gasteiger partial charge in [0.15, 0.2) is 0 Å². The molecule has 0 saturated carbocycles. The van der Waals surface area contributed by atoms with E-state index in [0.717, 1.165) is 82.6 Å². The van der Waals surface area contributed by atoms with E-state index < -0.39 is 5.82 Å². The molecule has 5 aromatic rings. The minimum Gasteiger partial charge on any atom is -0.381 e. The van der Waals surface area contributed by atoms with Crippen molar-refractivity contribution >= 4 is 45.6 Å². The van der Waals surface area contributed by atoms with Crippen molar-refractivity contribution in [2.75, 3.05) is 43.1 Å². The van der Waals surface area contributed by atoms with Crippen LogP contribution in [0.15, 0.2) is 84.1 Å². The van der Waals surface area contributed by atoms with Crippen molar-refractivity contribution < 1.29 is 18.7 Å². The highest BCUT2D eigenvalue weighted by Gasteiger charge is 2.47. The number of likely N-dealkylation sites (tertiary alicyclic amines) is 1. The zero-order chi connectivity index (χ0) is 34.7. The van der Waals surface area contributed by atoms with Gasteiger partial charge in [0.2, 0.25) is 0 Å². The van der Waals surface area contributed by atoms with Crippen molar-refractivity contribution in [2.45, 2.75) is 32.4 Å². The summed E-state index contributed by atoms with van der Waals surface area (Å²) in [6.45, 7) is 5.77. The molecule has 4 aliphatic heterocycles. The quantitative estimate of drug-likeness (QED) is 0.189. The third-order valence-electron chi connectivity index (χ3n) is 10.4. The predicted molar refractivity (Wildman–Crippen MR) is 196 cm³/mol. The zero-order valence-corrected chi connectivity index (χ0v) is 28.8. The lowest BCUT2D eigenvalue weighted by Gasteiger charge is -2.55. The van der Waals surface area contributed by atoms with Gasteiger partial charge in [-0.25, -0.2) is 9.37 Å². The van der Waals surface area contributed by atoms with Gasteiger partial charge >= 0.3 is 0 Å². The molecule has 256 valence electrons. The number of dihydropyridines is 1. The highest BCUT2D eigenvalue weighted by atomic mass is 32.1. The van der Waals surface area contributed by atoms with Gasteiger partial charge in [-0.1, -0.05) is 18.2 Å². The maximum Gasteiger partial charge on any atom is 0.266 e. The number of carbonyl (C=O) groups is 2. The van der Waals surface area contributed by atoms with Crippen LogP contribution in [-0.4, -0.2) is 65.7 Å². The van der Waals surface area contributed by atoms with Crippen molar-refractivity contribution in [3.63, 3.8) is 0 Å². The SMILES string of the molecule is CC1=CC=C(C(=O)Nc2c#cc(C(=O)N3CCc4cc(-c5nc6ccccc6[nH]5)sc4-c4ccc(F)cc43)cc2)C(N2CC3(CCOCC3)C2)N1. The van der Waals surface area contributed by atoms with E-state index >= 15 is 0 Å². The molecule has 11 heteroatoms. The zero-order valence-electron chi connectivity index (χ0n) is 28.0. The standard InChI is InChI=1S/C40H35FN6O3S/c1-24-6-12-30(37(42-24)46-22-40(23-46)15-18-50-19-16-40)38(48)43-28-10-7-25(8-11-28)39(49)47-17-14-26-20-34(36-44-31-4-2-3-5-32(31)45-36)51-35(26)29-13-9-27(41)21-33(29)47/h2-7,9-10,12-13,20-21,37,42H,14-19,22-23H2,1H3,(H,43,48)(H,44,45). The van der Waals surface area contributed by atoms with Gasteiger partial charge in [-0.2, -0.15) is 0 Å². The number of rotatable bonds is 5. The van der Waals surface area contributed by atoms with Crippen LogP contribution >= 0.6 is 11.3 Å². The van der Waals surface area contributed by atoms with Crippen LogP contribution in [0.4, 0.5) is 15.8 Å². The first-order chi connectivity index (χ1) is 24.8. The number of allylic oxidation sites excluding steroid dienone is 3. The third kappa shape index (κ3) is 5.79. The first-order valence-corrected chi connectivity index (χ1v) is 18.1. The van der Waals surface area contributed by atoms with Crippen LogP contribution in [0, 0.1) is 23.4 Å². The number of imidazole rings is 1. The van der Waals surface area contributed by atoms with Gasteiger partial charge < -0.3 is 25.3 Å². The van der Waals surface area contributed by atoms with Crippen LogP contribution in [0.25, 0.3) is 32.2 Å². The molecular weight excluding hydrogens is 664 g/mol. The molecule has 0 radical (unpaired) electrons. The lowest BCUT2D eigenvalue weighted by molar-refractivity contribution is -0.117. The smallest absolute Gasteiger partial charge is 0.266 e. The highest BCUT2D eigenvalue weighted by Crippen LogP contribution is 2.45. The largest absolute Gasteiger partial charge is 0.381 e. The molecule has 4 aliphatic rings. The summed E-state index contributed by atoms with van der Waals surface area (Å²) in [6, 6.07) is 23.8. The molecule has 51 heavy (non-hydrogen) atoms. The number of hydrogen-bond acceptors (Lipinski definition) is 7. The summed E-state index contributed by atoms with van der Waals surface area (Å²) in [7, 11) is 0. The third-order valence-corrected chi connectivity index (χ3v) is 11.7. The molecule has 3 N–H and O–H groups in total. The van der Waals surface area contributed by atoms with E-state index in [0.29, 0.717) is 29.9 Å². The molecule has 3 aromatic carbocycles. The Morgan fingerprint density at radius 3 is 2.71 bits per heavy atom. The van der Waals surface area contributed by atoms with Gasteiger partial charge in [-0.3, -0.25) is 14.5 Å². The Bertz CT molecular complexity index is 2210. The maximum atomic E-state index is 14.8. The fourth-order valence-corrected chi connectivity index (χ4v) is 8.88. The normalized spacial score (nSPS) is 19.5. The maximum absolute atomic E-state index is 14.8. The number of hydrogen-bond donors (Lipinski definition) is 3. The Morgan fingerprint density at radius 1 is 1.06 bits per heavy atom. The monoisotopic (exact) mass is 698 g/mol. The van der Waals surface area contributed by atoms with E-state index in [1.807, 2.05) is 43.3 Å². The number of amides is 2. The molecule has 0 aliphatic carbocycles. The van der Waals surface area contributed by atoms with Gasteiger partial charge in [0.25, 0.3) is 11.8 Å². The summed E-state index contributed by atoms with van der Waals surface area (Å²) in [4.78, 5) is 41.6. The molecule has 2 aromatic heterocycles. The van der Waals surface area contributed by atoms with E-state index in [-0.39, 0.29) is 29.0 Å². The summed E-state index contributed by atoms with van der Waals surface area (Å²) < 4.78 is 20.3. The number of thiophene rings is 1. The number of H-pyrrole nitrogens is 1. The van der Waals surface area contributed by atoms with Crippen LogP contribution in [0.5, 0.6) is 0 Å². The fourth-order valence-electron chi connectivity index (χ4n) is 7.69. The second-order valence-corrected chi connectivity index (χ2v) is 14.9. The Labute approximate surface area is 298 Å². The molecular formula is C40H35FN6O3S. The van der Waals surface area contributed by atoms with Crippen LogP contribution in [-0.2, 0) is 16.0 Å².